The molecule has 0 spiro atoms. The second-order valence-electron chi connectivity index (χ2n) is 15.4. The lowest BCUT2D eigenvalue weighted by molar-refractivity contribution is -0.152. The molecule has 2 nitrogen and oxygen atoms in total. The third-order valence-corrected chi connectivity index (χ3v) is 10.4. The molecule has 1 aromatic rings. The van der Waals surface area contributed by atoms with Crippen LogP contribution in [0.15, 0.2) is 24.3 Å². The predicted molar refractivity (Wildman–Crippen MR) is 150 cm³/mol. The molecule has 2 bridgehead atoms. The molecule has 0 radical (unpaired) electrons. The van der Waals surface area contributed by atoms with Gasteiger partial charge in [-0.25, -0.2) is 0 Å². The van der Waals surface area contributed by atoms with E-state index in [0.29, 0.717) is 17.4 Å². The first-order chi connectivity index (χ1) is 17.1. The first-order valence-corrected chi connectivity index (χ1v) is 15.5. The van der Waals surface area contributed by atoms with Gasteiger partial charge in [-0.05, 0) is 96.1 Å². The van der Waals surface area contributed by atoms with E-state index in [2.05, 4.69) is 65.8 Å². The van der Waals surface area contributed by atoms with E-state index in [1.54, 1.807) is 0 Å². The zero-order valence-corrected chi connectivity index (χ0v) is 24.2. The summed E-state index contributed by atoms with van der Waals surface area (Å²) in [6.45, 7) is 14.2. The zero-order valence-electron chi connectivity index (χ0n) is 24.2. The first-order valence-electron chi connectivity index (χ1n) is 15.5. The Morgan fingerprint density at radius 2 is 1.47 bits per heavy atom. The lowest BCUT2D eigenvalue weighted by Crippen LogP contribution is -2.36. The van der Waals surface area contributed by atoms with E-state index < -0.39 is 0 Å². The van der Waals surface area contributed by atoms with Crippen LogP contribution in [0.4, 0.5) is 0 Å². The van der Waals surface area contributed by atoms with Crippen LogP contribution < -0.4 is 4.74 Å². The van der Waals surface area contributed by atoms with E-state index >= 15 is 0 Å². The van der Waals surface area contributed by atoms with Gasteiger partial charge in [-0.3, -0.25) is 0 Å². The van der Waals surface area contributed by atoms with Gasteiger partial charge < -0.3 is 9.47 Å². The van der Waals surface area contributed by atoms with Gasteiger partial charge in [0.15, 0.2) is 6.29 Å². The molecule has 2 heteroatoms. The van der Waals surface area contributed by atoms with Crippen LogP contribution in [0.1, 0.15) is 130 Å². The maximum absolute atomic E-state index is 6.94. The van der Waals surface area contributed by atoms with Crippen molar-refractivity contribution < 1.29 is 9.47 Å². The van der Waals surface area contributed by atoms with Gasteiger partial charge in [0, 0.05) is 6.42 Å². The van der Waals surface area contributed by atoms with Crippen LogP contribution in [-0.4, -0.2) is 12.4 Å². The van der Waals surface area contributed by atoms with E-state index in [4.69, 9.17) is 9.47 Å². The Balaban J connectivity index is 1.28. The highest BCUT2D eigenvalue weighted by atomic mass is 16.7. The Bertz CT molecular complexity index is 837. The smallest absolute Gasteiger partial charge is 0.200 e. The monoisotopic (exact) mass is 494 g/mol. The Labute approximate surface area is 222 Å². The Morgan fingerprint density at radius 3 is 2.14 bits per heavy atom. The molecule has 7 atom stereocenters. The van der Waals surface area contributed by atoms with Crippen molar-refractivity contribution >= 4 is 0 Å². The predicted octanol–water partition coefficient (Wildman–Crippen LogP) is 9.77. The number of rotatable bonds is 8. The van der Waals surface area contributed by atoms with Gasteiger partial charge in [0.2, 0.25) is 0 Å². The van der Waals surface area contributed by atoms with Crippen molar-refractivity contribution in [3.05, 3.63) is 29.8 Å². The van der Waals surface area contributed by atoms with Crippen molar-refractivity contribution in [2.45, 2.75) is 137 Å². The van der Waals surface area contributed by atoms with Crippen LogP contribution in [0.5, 0.6) is 5.75 Å². The summed E-state index contributed by atoms with van der Waals surface area (Å²) in [5, 5.41) is 0. The highest BCUT2D eigenvalue weighted by molar-refractivity contribution is 5.30. The van der Waals surface area contributed by atoms with Crippen LogP contribution in [0, 0.1) is 40.4 Å². The Kier molecular flexibility index (Phi) is 7.85. The van der Waals surface area contributed by atoms with E-state index in [-0.39, 0.29) is 11.7 Å². The Morgan fingerprint density at radius 1 is 0.778 bits per heavy atom. The summed E-state index contributed by atoms with van der Waals surface area (Å²) in [5.41, 5.74) is 1.99. The molecule has 5 rings (SSSR count). The normalized spacial score (nSPS) is 32.4. The van der Waals surface area contributed by atoms with E-state index in [0.717, 1.165) is 41.8 Å². The molecule has 36 heavy (non-hydrogen) atoms. The highest BCUT2D eigenvalue weighted by Gasteiger charge is 2.54. The van der Waals surface area contributed by atoms with E-state index in [1.807, 2.05) is 0 Å². The van der Waals surface area contributed by atoms with Crippen LogP contribution >= 0.6 is 0 Å². The van der Waals surface area contributed by atoms with Crippen LogP contribution in [-0.2, 0) is 4.74 Å². The van der Waals surface area contributed by atoms with Crippen molar-refractivity contribution in [2.24, 2.45) is 40.4 Å². The molecule has 1 aromatic carbocycles. The van der Waals surface area contributed by atoms with Crippen LogP contribution in [0.25, 0.3) is 0 Å². The molecule has 4 aliphatic rings. The fourth-order valence-electron chi connectivity index (χ4n) is 8.65. The molecule has 0 heterocycles. The van der Waals surface area contributed by atoms with Gasteiger partial charge in [-0.15, -0.1) is 0 Å². The van der Waals surface area contributed by atoms with Gasteiger partial charge in [-0.1, -0.05) is 92.2 Å². The molecule has 7 unspecified atom stereocenters. The molecule has 0 amide bonds. The minimum atomic E-state index is -0.0869. The maximum Gasteiger partial charge on any atom is 0.200 e. The summed E-state index contributed by atoms with van der Waals surface area (Å²) < 4.78 is 13.6. The van der Waals surface area contributed by atoms with Gasteiger partial charge in [0.1, 0.15) is 5.75 Å². The van der Waals surface area contributed by atoms with Crippen molar-refractivity contribution in [3.63, 3.8) is 0 Å². The SMILES string of the molecule is CC(C)(C)CC(c1ccc(OC(CC2CCCCC2)OC2CC3CC2C2CCCC32)cc1)C(C)(C)C. The van der Waals surface area contributed by atoms with Crippen molar-refractivity contribution in [1.82, 2.24) is 0 Å². The zero-order chi connectivity index (χ0) is 25.5. The van der Waals surface area contributed by atoms with E-state index in [9.17, 15) is 0 Å². The Hall–Kier alpha value is -1.02. The number of hydrogen-bond donors (Lipinski definition) is 0. The van der Waals surface area contributed by atoms with Crippen LogP contribution in [0.3, 0.4) is 0 Å². The standard InChI is InChI=1S/C34H54O2/c1-33(2,3)22-30(34(4,5)6)24-15-17-26(18-16-24)35-32(19-23-11-8-7-9-12-23)36-31-21-25-20-29(31)28-14-10-13-27(25)28/h15-18,23,25,27-32H,7-14,19-22H2,1-6H3. The summed E-state index contributed by atoms with van der Waals surface area (Å²) in [4.78, 5) is 0. The summed E-state index contributed by atoms with van der Waals surface area (Å²) in [6, 6.07) is 9.11. The molecule has 4 saturated carbocycles. The topological polar surface area (TPSA) is 18.5 Å². The molecule has 0 aliphatic heterocycles. The molecule has 4 aliphatic carbocycles. The maximum atomic E-state index is 6.94. The molecular formula is C34H54O2. The summed E-state index contributed by atoms with van der Waals surface area (Å²) in [5.74, 6) is 5.98. The quantitative estimate of drug-likeness (QED) is 0.335. The lowest BCUT2D eigenvalue weighted by atomic mass is 9.69. The number of fused-ring (bicyclic) bond motifs is 5. The average Bonchev–Trinajstić information content (AvgIpc) is 3.52. The largest absolute Gasteiger partial charge is 0.465 e. The number of ether oxygens (including phenoxy) is 2. The summed E-state index contributed by atoms with van der Waals surface area (Å²) in [7, 11) is 0. The third kappa shape index (κ3) is 6.16. The summed E-state index contributed by atoms with van der Waals surface area (Å²) >= 11 is 0. The van der Waals surface area contributed by atoms with Crippen molar-refractivity contribution in [3.8, 4) is 5.75 Å². The van der Waals surface area contributed by atoms with Gasteiger partial charge in [0.05, 0.1) is 6.10 Å². The van der Waals surface area contributed by atoms with Crippen LogP contribution in [0.2, 0.25) is 0 Å². The number of benzene rings is 1. The molecule has 0 N–H and O–H groups in total. The highest BCUT2D eigenvalue weighted by Crippen LogP contribution is 2.59. The second kappa shape index (κ2) is 10.6. The molecule has 4 fully saturated rings. The fourth-order valence-corrected chi connectivity index (χ4v) is 8.65. The first kappa shape index (κ1) is 26.6. The second-order valence-corrected chi connectivity index (χ2v) is 15.4. The van der Waals surface area contributed by atoms with Gasteiger partial charge in [-0.2, -0.15) is 0 Å². The third-order valence-electron chi connectivity index (χ3n) is 10.4. The molecule has 0 aromatic heterocycles. The van der Waals surface area contributed by atoms with E-state index in [1.165, 1.54) is 76.2 Å². The lowest BCUT2D eigenvalue weighted by Gasteiger charge is -2.36. The molecule has 0 saturated heterocycles. The van der Waals surface area contributed by atoms with Crippen molar-refractivity contribution in [1.29, 1.82) is 0 Å². The van der Waals surface area contributed by atoms with Gasteiger partial charge >= 0.3 is 0 Å². The molecular weight excluding hydrogens is 440 g/mol. The minimum Gasteiger partial charge on any atom is -0.465 e. The summed E-state index contributed by atoms with van der Waals surface area (Å²) in [6.07, 6.45) is 16.6. The van der Waals surface area contributed by atoms with Gasteiger partial charge in [0.25, 0.3) is 0 Å². The van der Waals surface area contributed by atoms with Crippen molar-refractivity contribution in [2.75, 3.05) is 0 Å². The molecule has 202 valence electrons. The number of hydrogen-bond acceptors (Lipinski definition) is 2. The average molecular weight is 495 g/mol. The minimum absolute atomic E-state index is 0.0869. The fraction of sp³-hybridized carbons (Fsp3) is 0.824.